The minimum absolute atomic E-state index is 0.386. The molecule has 0 aliphatic heterocycles. The van der Waals surface area contributed by atoms with Gasteiger partial charge in [-0.1, -0.05) is 20.3 Å². The Morgan fingerprint density at radius 1 is 1.16 bits per heavy atom. The maximum Gasteiger partial charge on any atom is 0.336 e. The van der Waals surface area contributed by atoms with Gasteiger partial charge in [0.25, 0.3) is 0 Å². The van der Waals surface area contributed by atoms with Gasteiger partial charge >= 0.3 is 5.63 Å². The molecule has 0 saturated heterocycles. The van der Waals surface area contributed by atoms with Gasteiger partial charge in [-0.25, -0.2) is 4.79 Å². The summed E-state index contributed by atoms with van der Waals surface area (Å²) in [4.78, 5) is 11.2. The first-order valence-corrected chi connectivity index (χ1v) is 6.19. The Kier molecular flexibility index (Phi) is 3.90. The topological polar surface area (TPSA) is 52.6 Å². The first-order chi connectivity index (χ1) is 9.21. The zero-order chi connectivity index (χ0) is 13.8. The second-order valence-corrected chi connectivity index (χ2v) is 4.12. The second-order valence-electron chi connectivity index (χ2n) is 4.12. The molecule has 4 nitrogen and oxygen atoms in total. The Bertz CT molecular complexity index is 737. The minimum atomic E-state index is -0.386. The van der Waals surface area contributed by atoms with Gasteiger partial charge in [-0.05, 0) is 12.1 Å². The van der Waals surface area contributed by atoms with Crippen LogP contribution in [0, 0.1) is 0 Å². The molecule has 2 heterocycles. The van der Waals surface area contributed by atoms with Gasteiger partial charge in [0, 0.05) is 12.1 Å². The largest absolute Gasteiger partial charge is 0.496 e. The number of rotatable bonds is 1. The molecular weight excluding hydrogens is 244 g/mol. The average molecular weight is 260 g/mol. The monoisotopic (exact) mass is 260 g/mol. The molecule has 3 aromatic rings. The summed E-state index contributed by atoms with van der Waals surface area (Å²) in [6.07, 6.45) is 2.80. The summed E-state index contributed by atoms with van der Waals surface area (Å²) in [5.74, 6) is 0.626. The first-order valence-electron chi connectivity index (χ1n) is 6.19. The lowest BCUT2D eigenvalue weighted by Crippen LogP contribution is -1.95. The van der Waals surface area contributed by atoms with Crippen molar-refractivity contribution in [2.75, 3.05) is 7.11 Å². The molecule has 0 bridgehead atoms. The SMILES string of the molecule is CCC.COc1cc2occc2c2oc(=O)ccc12. The third kappa shape index (κ3) is 2.47. The number of fused-ring (bicyclic) bond motifs is 3. The van der Waals surface area contributed by atoms with E-state index in [0.717, 1.165) is 10.8 Å². The molecule has 1 aromatic carbocycles. The molecule has 0 saturated carbocycles. The van der Waals surface area contributed by atoms with E-state index >= 15 is 0 Å². The van der Waals surface area contributed by atoms with Crippen LogP contribution in [0.15, 0.2) is 44.2 Å². The lowest BCUT2D eigenvalue weighted by atomic mass is 10.1. The van der Waals surface area contributed by atoms with Gasteiger partial charge in [0.2, 0.25) is 0 Å². The molecule has 4 heteroatoms. The summed E-state index contributed by atoms with van der Waals surface area (Å²) in [7, 11) is 1.56. The first kappa shape index (κ1) is 13.2. The molecule has 0 atom stereocenters. The number of hydrogen-bond acceptors (Lipinski definition) is 4. The molecular formula is C15H16O4. The number of ether oxygens (including phenoxy) is 1. The lowest BCUT2D eigenvalue weighted by Gasteiger charge is -2.04. The number of benzene rings is 1. The van der Waals surface area contributed by atoms with Crippen LogP contribution in [0.4, 0.5) is 0 Å². The van der Waals surface area contributed by atoms with E-state index in [1.54, 1.807) is 31.6 Å². The van der Waals surface area contributed by atoms with Crippen LogP contribution >= 0.6 is 0 Å². The summed E-state index contributed by atoms with van der Waals surface area (Å²) < 4.78 is 15.7. The maximum absolute atomic E-state index is 11.2. The third-order valence-corrected chi connectivity index (χ3v) is 2.52. The van der Waals surface area contributed by atoms with E-state index in [-0.39, 0.29) is 5.63 Å². The average Bonchev–Trinajstić information content (AvgIpc) is 2.86. The van der Waals surface area contributed by atoms with Crippen LogP contribution in [0.25, 0.3) is 21.9 Å². The minimum Gasteiger partial charge on any atom is -0.496 e. The van der Waals surface area contributed by atoms with E-state index in [4.69, 9.17) is 13.6 Å². The van der Waals surface area contributed by atoms with Crippen LogP contribution in [0.1, 0.15) is 20.3 Å². The van der Waals surface area contributed by atoms with Gasteiger partial charge < -0.3 is 13.6 Å². The highest BCUT2D eigenvalue weighted by Crippen LogP contribution is 2.32. The molecule has 2 aromatic heterocycles. The van der Waals surface area contributed by atoms with Crippen molar-refractivity contribution < 1.29 is 13.6 Å². The van der Waals surface area contributed by atoms with E-state index in [9.17, 15) is 4.79 Å². The number of hydrogen-bond donors (Lipinski definition) is 0. The normalized spacial score (nSPS) is 10.3. The van der Waals surface area contributed by atoms with Crippen LogP contribution in [0.5, 0.6) is 5.75 Å². The van der Waals surface area contributed by atoms with Crippen molar-refractivity contribution in [2.45, 2.75) is 20.3 Å². The van der Waals surface area contributed by atoms with Crippen LogP contribution in [-0.2, 0) is 0 Å². The number of furan rings is 1. The van der Waals surface area contributed by atoms with E-state index in [1.807, 2.05) is 0 Å². The fraction of sp³-hybridized carbons (Fsp3) is 0.267. The zero-order valence-electron chi connectivity index (χ0n) is 11.2. The quantitative estimate of drug-likeness (QED) is 0.621. The summed E-state index contributed by atoms with van der Waals surface area (Å²) in [6, 6.07) is 6.60. The summed E-state index contributed by atoms with van der Waals surface area (Å²) in [6.45, 7) is 4.25. The Labute approximate surface area is 110 Å². The molecule has 19 heavy (non-hydrogen) atoms. The Morgan fingerprint density at radius 2 is 1.89 bits per heavy atom. The highest BCUT2D eigenvalue weighted by Gasteiger charge is 2.11. The van der Waals surface area contributed by atoms with E-state index < -0.39 is 0 Å². The molecule has 100 valence electrons. The van der Waals surface area contributed by atoms with Crippen molar-refractivity contribution in [3.05, 3.63) is 40.9 Å². The van der Waals surface area contributed by atoms with E-state index in [0.29, 0.717) is 16.9 Å². The fourth-order valence-electron chi connectivity index (χ4n) is 1.80. The highest BCUT2D eigenvalue weighted by molar-refractivity contribution is 6.05. The molecule has 0 aliphatic carbocycles. The Hall–Kier alpha value is -2.23. The Balaban J connectivity index is 0.000000408. The van der Waals surface area contributed by atoms with Gasteiger partial charge in [0.1, 0.15) is 11.3 Å². The summed E-state index contributed by atoms with van der Waals surface area (Å²) >= 11 is 0. The second kappa shape index (κ2) is 5.61. The molecule has 0 aliphatic rings. The zero-order valence-corrected chi connectivity index (χ0v) is 11.2. The van der Waals surface area contributed by atoms with E-state index in [2.05, 4.69) is 13.8 Å². The predicted molar refractivity (Wildman–Crippen MR) is 74.8 cm³/mol. The highest BCUT2D eigenvalue weighted by atomic mass is 16.5. The van der Waals surface area contributed by atoms with Crippen molar-refractivity contribution in [1.29, 1.82) is 0 Å². The van der Waals surface area contributed by atoms with Crippen LogP contribution in [0.2, 0.25) is 0 Å². The van der Waals surface area contributed by atoms with Crippen LogP contribution < -0.4 is 10.4 Å². The van der Waals surface area contributed by atoms with Crippen LogP contribution in [-0.4, -0.2) is 7.11 Å². The van der Waals surface area contributed by atoms with Gasteiger partial charge in [-0.2, -0.15) is 0 Å². The molecule has 0 radical (unpaired) electrons. The Morgan fingerprint density at radius 3 is 2.58 bits per heavy atom. The molecule has 0 fully saturated rings. The maximum atomic E-state index is 11.2. The van der Waals surface area contributed by atoms with Gasteiger partial charge in [0.05, 0.1) is 24.1 Å². The fourth-order valence-corrected chi connectivity index (χ4v) is 1.80. The van der Waals surface area contributed by atoms with Crippen molar-refractivity contribution in [2.24, 2.45) is 0 Å². The van der Waals surface area contributed by atoms with Crippen LogP contribution in [0.3, 0.4) is 0 Å². The van der Waals surface area contributed by atoms with Gasteiger partial charge in [-0.15, -0.1) is 0 Å². The molecule has 0 N–H and O–H groups in total. The predicted octanol–water partition coefficient (Wildman–Crippen LogP) is 3.96. The van der Waals surface area contributed by atoms with Crippen molar-refractivity contribution >= 4 is 21.9 Å². The standard InChI is InChI=1S/C12H8O4.C3H8/c1-14-9-6-10-8(4-5-15-10)12-7(9)2-3-11(13)16-12;1-3-2/h2-6H,1H3;3H2,1-2H3. The van der Waals surface area contributed by atoms with Gasteiger partial charge in [0.15, 0.2) is 5.58 Å². The summed E-state index contributed by atoms with van der Waals surface area (Å²) in [5.41, 5.74) is 0.748. The smallest absolute Gasteiger partial charge is 0.336 e. The molecule has 0 unspecified atom stereocenters. The third-order valence-electron chi connectivity index (χ3n) is 2.52. The van der Waals surface area contributed by atoms with Crippen molar-refractivity contribution in [1.82, 2.24) is 0 Å². The number of methoxy groups -OCH3 is 1. The summed E-state index contributed by atoms with van der Waals surface area (Å²) in [5, 5.41) is 1.53. The lowest BCUT2D eigenvalue weighted by molar-refractivity contribution is 0.418. The van der Waals surface area contributed by atoms with Crippen molar-refractivity contribution in [3.63, 3.8) is 0 Å². The molecule has 0 spiro atoms. The van der Waals surface area contributed by atoms with E-state index in [1.165, 1.54) is 12.5 Å². The molecule has 0 amide bonds. The van der Waals surface area contributed by atoms with Crippen molar-refractivity contribution in [3.8, 4) is 5.75 Å². The molecule has 3 rings (SSSR count). The van der Waals surface area contributed by atoms with Gasteiger partial charge in [-0.3, -0.25) is 0 Å².